The predicted octanol–water partition coefficient (Wildman–Crippen LogP) is 5.02. The molecule has 21 heavy (non-hydrogen) atoms. The SMILES string of the molecule is Cc1ccc2c(c1)[C@@H](O[Si](C)(C)C)[C@@H](c1ccccc1)O2. The van der Waals surface area contributed by atoms with Gasteiger partial charge in [0.1, 0.15) is 11.9 Å². The normalized spacial score (nSPS) is 21.0. The van der Waals surface area contributed by atoms with E-state index in [0.29, 0.717) is 0 Å². The van der Waals surface area contributed by atoms with Gasteiger partial charge in [-0.15, -0.1) is 0 Å². The summed E-state index contributed by atoms with van der Waals surface area (Å²) in [7, 11) is -1.66. The number of ether oxygens (including phenoxy) is 1. The van der Waals surface area contributed by atoms with Crippen molar-refractivity contribution in [2.75, 3.05) is 0 Å². The molecule has 2 nitrogen and oxygen atoms in total. The van der Waals surface area contributed by atoms with Crippen LogP contribution in [0.1, 0.15) is 28.9 Å². The lowest BCUT2D eigenvalue weighted by Gasteiger charge is -2.27. The molecule has 1 aliphatic rings. The molecular formula is C18H22O2Si. The minimum atomic E-state index is -1.66. The van der Waals surface area contributed by atoms with E-state index in [1.165, 1.54) is 16.7 Å². The van der Waals surface area contributed by atoms with E-state index in [0.717, 1.165) is 5.75 Å². The molecule has 0 aromatic heterocycles. The maximum absolute atomic E-state index is 6.46. The molecule has 0 fully saturated rings. The van der Waals surface area contributed by atoms with Crippen molar-refractivity contribution in [1.29, 1.82) is 0 Å². The van der Waals surface area contributed by atoms with Crippen LogP contribution in [-0.2, 0) is 4.43 Å². The highest BCUT2D eigenvalue weighted by Crippen LogP contribution is 2.47. The van der Waals surface area contributed by atoms with Crippen molar-refractivity contribution in [3.8, 4) is 5.75 Å². The van der Waals surface area contributed by atoms with Gasteiger partial charge in [0.25, 0.3) is 0 Å². The van der Waals surface area contributed by atoms with E-state index in [1.54, 1.807) is 0 Å². The zero-order valence-electron chi connectivity index (χ0n) is 13.1. The summed E-state index contributed by atoms with van der Waals surface area (Å²) in [5, 5.41) is 0. The number of fused-ring (bicyclic) bond motifs is 1. The van der Waals surface area contributed by atoms with Crippen molar-refractivity contribution in [1.82, 2.24) is 0 Å². The molecule has 0 N–H and O–H groups in total. The summed E-state index contributed by atoms with van der Waals surface area (Å²) < 4.78 is 12.7. The average molecular weight is 298 g/mol. The lowest BCUT2D eigenvalue weighted by atomic mass is 10.00. The average Bonchev–Trinajstić information content (AvgIpc) is 2.76. The van der Waals surface area contributed by atoms with Crippen LogP contribution in [0.25, 0.3) is 0 Å². The third-order valence-corrected chi connectivity index (χ3v) is 4.57. The molecule has 2 aromatic carbocycles. The molecular weight excluding hydrogens is 276 g/mol. The van der Waals surface area contributed by atoms with Gasteiger partial charge in [0.2, 0.25) is 0 Å². The van der Waals surface area contributed by atoms with Crippen LogP contribution in [0.3, 0.4) is 0 Å². The smallest absolute Gasteiger partial charge is 0.184 e. The fourth-order valence-electron chi connectivity index (χ4n) is 2.75. The van der Waals surface area contributed by atoms with Crippen LogP contribution in [0.15, 0.2) is 48.5 Å². The highest BCUT2D eigenvalue weighted by Gasteiger charge is 2.38. The Hall–Kier alpha value is -1.58. The van der Waals surface area contributed by atoms with Crippen molar-refractivity contribution in [3.05, 3.63) is 65.2 Å². The third kappa shape index (κ3) is 3.04. The summed E-state index contributed by atoms with van der Waals surface area (Å²) in [6.07, 6.45) is -0.0521. The Balaban J connectivity index is 2.02. The van der Waals surface area contributed by atoms with Gasteiger partial charge in [0.05, 0.1) is 0 Å². The van der Waals surface area contributed by atoms with Gasteiger partial charge in [0, 0.05) is 5.56 Å². The number of benzene rings is 2. The molecule has 0 saturated carbocycles. The van der Waals surface area contributed by atoms with E-state index in [2.05, 4.69) is 69.0 Å². The molecule has 0 bridgehead atoms. The Kier molecular flexibility index (Phi) is 3.63. The van der Waals surface area contributed by atoms with Gasteiger partial charge in [-0.05, 0) is 44.3 Å². The standard InChI is InChI=1S/C18H22O2Si/c1-13-10-11-16-15(12-13)18(20-21(2,3)4)17(19-16)14-8-6-5-7-9-14/h5-12,17-18H,1-4H3/t17-,18-/m1/s1. The first kappa shape index (κ1) is 14.4. The van der Waals surface area contributed by atoms with Gasteiger partial charge in [-0.3, -0.25) is 0 Å². The van der Waals surface area contributed by atoms with E-state index in [1.807, 2.05) is 6.07 Å². The molecule has 0 spiro atoms. The second kappa shape index (κ2) is 5.32. The number of aryl methyl sites for hydroxylation is 1. The van der Waals surface area contributed by atoms with Gasteiger partial charge in [-0.2, -0.15) is 0 Å². The highest BCUT2D eigenvalue weighted by molar-refractivity contribution is 6.69. The van der Waals surface area contributed by atoms with Crippen LogP contribution < -0.4 is 4.74 Å². The molecule has 1 aliphatic heterocycles. The Morgan fingerprint density at radius 3 is 2.38 bits per heavy atom. The van der Waals surface area contributed by atoms with Crippen LogP contribution in [-0.4, -0.2) is 8.32 Å². The van der Waals surface area contributed by atoms with E-state index in [4.69, 9.17) is 9.16 Å². The lowest BCUT2D eigenvalue weighted by Crippen LogP contribution is -2.30. The van der Waals surface area contributed by atoms with E-state index in [9.17, 15) is 0 Å². The first-order chi connectivity index (χ1) is 9.94. The second-order valence-electron chi connectivity index (χ2n) is 6.64. The summed E-state index contributed by atoms with van der Waals surface area (Å²) in [5.41, 5.74) is 3.61. The number of hydrogen-bond acceptors (Lipinski definition) is 2. The fraction of sp³-hybridized carbons (Fsp3) is 0.333. The Morgan fingerprint density at radius 2 is 1.71 bits per heavy atom. The first-order valence-corrected chi connectivity index (χ1v) is 10.8. The van der Waals surface area contributed by atoms with Crippen LogP contribution in [0, 0.1) is 6.92 Å². The maximum Gasteiger partial charge on any atom is 0.184 e. The summed E-state index contributed by atoms with van der Waals surface area (Å²) in [6, 6.07) is 16.7. The largest absolute Gasteiger partial charge is 0.482 e. The summed E-state index contributed by atoms with van der Waals surface area (Å²) in [6.45, 7) is 8.79. The molecule has 0 amide bonds. The van der Waals surface area contributed by atoms with Crippen LogP contribution in [0.2, 0.25) is 19.6 Å². The second-order valence-corrected chi connectivity index (χ2v) is 11.1. The van der Waals surface area contributed by atoms with Gasteiger partial charge < -0.3 is 9.16 Å². The highest BCUT2D eigenvalue weighted by atomic mass is 28.4. The van der Waals surface area contributed by atoms with Crippen LogP contribution in [0.5, 0.6) is 5.75 Å². The van der Waals surface area contributed by atoms with Crippen LogP contribution >= 0.6 is 0 Å². The minimum absolute atomic E-state index is 0.00559. The molecule has 2 aromatic rings. The lowest BCUT2D eigenvalue weighted by molar-refractivity contribution is 0.0809. The topological polar surface area (TPSA) is 18.5 Å². The Bertz CT molecular complexity index is 631. The molecule has 0 aliphatic carbocycles. The molecule has 2 atom stereocenters. The molecule has 3 rings (SSSR count). The van der Waals surface area contributed by atoms with E-state index in [-0.39, 0.29) is 12.2 Å². The predicted molar refractivity (Wildman–Crippen MR) is 88.2 cm³/mol. The zero-order valence-corrected chi connectivity index (χ0v) is 14.1. The van der Waals surface area contributed by atoms with Gasteiger partial charge in [-0.25, -0.2) is 0 Å². The van der Waals surface area contributed by atoms with E-state index < -0.39 is 8.32 Å². The maximum atomic E-state index is 6.46. The fourth-order valence-corrected chi connectivity index (χ4v) is 3.76. The molecule has 0 radical (unpaired) electrons. The van der Waals surface area contributed by atoms with E-state index >= 15 is 0 Å². The number of hydrogen-bond donors (Lipinski definition) is 0. The summed E-state index contributed by atoms with van der Waals surface area (Å²) >= 11 is 0. The zero-order chi connectivity index (χ0) is 15.0. The molecule has 0 unspecified atom stereocenters. The first-order valence-electron chi connectivity index (χ1n) is 7.44. The van der Waals surface area contributed by atoms with Crippen molar-refractivity contribution >= 4 is 8.32 Å². The van der Waals surface area contributed by atoms with Crippen molar-refractivity contribution < 1.29 is 9.16 Å². The van der Waals surface area contributed by atoms with Crippen molar-refractivity contribution in [2.24, 2.45) is 0 Å². The monoisotopic (exact) mass is 298 g/mol. The minimum Gasteiger partial charge on any atom is -0.482 e. The molecule has 1 heterocycles. The van der Waals surface area contributed by atoms with Gasteiger partial charge in [0.15, 0.2) is 14.4 Å². The van der Waals surface area contributed by atoms with Crippen LogP contribution in [0.4, 0.5) is 0 Å². The quantitative estimate of drug-likeness (QED) is 0.741. The van der Waals surface area contributed by atoms with Crippen molar-refractivity contribution in [2.45, 2.75) is 38.8 Å². The Labute approximate surface area is 127 Å². The van der Waals surface area contributed by atoms with Crippen molar-refractivity contribution in [3.63, 3.8) is 0 Å². The summed E-state index contributed by atoms with van der Waals surface area (Å²) in [5.74, 6) is 0.956. The van der Waals surface area contributed by atoms with Gasteiger partial charge >= 0.3 is 0 Å². The molecule has 0 saturated heterocycles. The summed E-state index contributed by atoms with van der Waals surface area (Å²) in [4.78, 5) is 0. The molecule has 3 heteroatoms. The van der Waals surface area contributed by atoms with Gasteiger partial charge in [-0.1, -0.05) is 42.0 Å². The third-order valence-electron chi connectivity index (χ3n) is 3.61. The Morgan fingerprint density at radius 1 is 1.00 bits per heavy atom. The molecule has 110 valence electrons. The number of rotatable bonds is 3.